The minimum atomic E-state index is -0.183. The van der Waals surface area contributed by atoms with E-state index in [4.69, 9.17) is 0 Å². The number of hydrogen-bond donors (Lipinski definition) is 1. The minimum absolute atomic E-state index is 0.0584. The van der Waals surface area contributed by atoms with Crippen LogP contribution in [0.5, 0.6) is 0 Å². The van der Waals surface area contributed by atoms with E-state index in [1.807, 2.05) is 6.92 Å². The van der Waals surface area contributed by atoms with Crippen molar-refractivity contribution in [2.24, 2.45) is 0 Å². The topological polar surface area (TPSA) is 49.4 Å². The second kappa shape index (κ2) is 8.71. The van der Waals surface area contributed by atoms with Gasteiger partial charge in [0.2, 0.25) is 11.8 Å². The number of carbonyl (C=O) groups excluding carboxylic acids is 2. The summed E-state index contributed by atoms with van der Waals surface area (Å²) >= 11 is 0. The van der Waals surface area contributed by atoms with Gasteiger partial charge in [0.15, 0.2) is 0 Å². The molecule has 16 heavy (non-hydrogen) atoms. The van der Waals surface area contributed by atoms with Gasteiger partial charge in [-0.15, -0.1) is 0 Å². The predicted octanol–water partition coefficient (Wildman–Crippen LogP) is 1.10. The molecule has 0 aliphatic carbocycles. The number of rotatable bonds is 8. The second-order valence-electron chi connectivity index (χ2n) is 3.38. The van der Waals surface area contributed by atoms with Gasteiger partial charge in [0, 0.05) is 19.6 Å². The Balaban J connectivity index is 3.84. The van der Waals surface area contributed by atoms with Crippen molar-refractivity contribution in [3.8, 4) is 0 Å². The summed E-state index contributed by atoms with van der Waals surface area (Å²) in [5.41, 5.74) is 0. The van der Waals surface area contributed by atoms with E-state index >= 15 is 0 Å². The van der Waals surface area contributed by atoms with Crippen LogP contribution in [0.3, 0.4) is 0 Å². The Morgan fingerprint density at radius 2 is 1.94 bits per heavy atom. The van der Waals surface area contributed by atoms with E-state index in [1.54, 1.807) is 4.90 Å². The summed E-state index contributed by atoms with van der Waals surface area (Å²) in [4.78, 5) is 24.0. The van der Waals surface area contributed by atoms with Gasteiger partial charge in [0.25, 0.3) is 0 Å². The van der Waals surface area contributed by atoms with E-state index in [9.17, 15) is 9.59 Å². The van der Waals surface area contributed by atoms with E-state index in [0.717, 1.165) is 19.4 Å². The van der Waals surface area contributed by atoms with Crippen LogP contribution in [0.15, 0.2) is 25.3 Å². The smallest absolute Gasteiger partial charge is 0.245 e. The van der Waals surface area contributed by atoms with E-state index < -0.39 is 0 Å². The Bertz CT molecular complexity index is 262. The number of amides is 2. The number of nitrogens with zero attached hydrogens (tertiary/aromatic N) is 1. The van der Waals surface area contributed by atoms with Crippen LogP contribution < -0.4 is 5.32 Å². The molecule has 0 saturated carbocycles. The van der Waals surface area contributed by atoms with Crippen molar-refractivity contribution >= 4 is 11.8 Å². The van der Waals surface area contributed by atoms with Gasteiger partial charge in [0.1, 0.15) is 0 Å². The van der Waals surface area contributed by atoms with Crippen LogP contribution in [-0.2, 0) is 9.59 Å². The fourth-order valence-electron chi connectivity index (χ4n) is 1.28. The monoisotopic (exact) mass is 224 g/mol. The van der Waals surface area contributed by atoms with Crippen LogP contribution in [0.1, 0.15) is 19.8 Å². The molecule has 0 heterocycles. The molecule has 0 unspecified atom stereocenters. The molecule has 0 aromatic rings. The number of carbonyl (C=O) groups is 2. The predicted molar refractivity (Wildman–Crippen MR) is 64.9 cm³/mol. The van der Waals surface area contributed by atoms with Crippen molar-refractivity contribution in [3.63, 3.8) is 0 Å². The molecule has 0 aliphatic rings. The van der Waals surface area contributed by atoms with Crippen molar-refractivity contribution in [3.05, 3.63) is 25.3 Å². The van der Waals surface area contributed by atoms with Gasteiger partial charge >= 0.3 is 0 Å². The molecule has 0 radical (unpaired) electrons. The van der Waals surface area contributed by atoms with Crippen molar-refractivity contribution in [1.82, 2.24) is 10.2 Å². The SMILES string of the molecule is C=CC(=O)NCCCN(CCC)C(=O)C=C. The highest BCUT2D eigenvalue weighted by atomic mass is 16.2. The molecule has 90 valence electrons. The highest BCUT2D eigenvalue weighted by Crippen LogP contribution is 1.95. The minimum Gasteiger partial charge on any atom is -0.353 e. The number of hydrogen-bond acceptors (Lipinski definition) is 2. The molecular weight excluding hydrogens is 204 g/mol. The van der Waals surface area contributed by atoms with Crippen molar-refractivity contribution in [1.29, 1.82) is 0 Å². The lowest BCUT2D eigenvalue weighted by Crippen LogP contribution is -2.33. The largest absolute Gasteiger partial charge is 0.353 e. The molecule has 0 bridgehead atoms. The summed E-state index contributed by atoms with van der Waals surface area (Å²) in [6.45, 7) is 10.7. The Kier molecular flexibility index (Phi) is 7.85. The molecule has 0 aromatic carbocycles. The van der Waals surface area contributed by atoms with Gasteiger partial charge in [-0.2, -0.15) is 0 Å². The molecule has 0 atom stereocenters. The second-order valence-corrected chi connectivity index (χ2v) is 3.38. The average Bonchev–Trinajstić information content (AvgIpc) is 2.31. The van der Waals surface area contributed by atoms with Crippen LogP contribution in [-0.4, -0.2) is 36.3 Å². The third-order valence-corrected chi connectivity index (χ3v) is 2.07. The zero-order valence-corrected chi connectivity index (χ0v) is 9.87. The van der Waals surface area contributed by atoms with Crippen LogP contribution in [0.4, 0.5) is 0 Å². The normalized spacial score (nSPS) is 9.31. The lowest BCUT2D eigenvalue weighted by molar-refractivity contribution is -0.126. The van der Waals surface area contributed by atoms with Gasteiger partial charge in [-0.3, -0.25) is 9.59 Å². The summed E-state index contributed by atoms with van der Waals surface area (Å²) in [6.07, 6.45) is 4.20. The maximum Gasteiger partial charge on any atom is 0.245 e. The molecular formula is C12H20N2O2. The Morgan fingerprint density at radius 1 is 1.25 bits per heavy atom. The highest BCUT2D eigenvalue weighted by molar-refractivity contribution is 5.87. The first-order valence-corrected chi connectivity index (χ1v) is 5.47. The van der Waals surface area contributed by atoms with E-state index in [2.05, 4.69) is 18.5 Å². The third kappa shape index (κ3) is 6.01. The first kappa shape index (κ1) is 14.4. The lowest BCUT2D eigenvalue weighted by atomic mass is 10.3. The summed E-state index contributed by atoms with van der Waals surface area (Å²) in [7, 11) is 0. The van der Waals surface area contributed by atoms with Gasteiger partial charge in [-0.25, -0.2) is 0 Å². The van der Waals surface area contributed by atoms with Gasteiger partial charge < -0.3 is 10.2 Å². The van der Waals surface area contributed by atoms with Crippen LogP contribution in [0.2, 0.25) is 0 Å². The quantitative estimate of drug-likeness (QED) is 0.496. The molecule has 0 fully saturated rings. The summed E-state index contributed by atoms with van der Waals surface area (Å²) in [6, 6.07) is 0. The molecule has 2 amide bonds. The Morgan fingerprint density at radius 3 is 2.44 bits per heavy atom. The standard InChI is InChI=1S/C12H20N2O2/c1-4-9-14(12(16)6-3)10-7-8-13-11(15)5-2/h5-6H,2-4,7-10H2,1H3,(H,13,15). The summed E-state index contributed by atoms with van der Waals surface area (Å²) in [5.74, 6) is -0.242. The fourth-order valence-corrected chi connectivity index (χ4v) is 1.28. The maximum absolute atomic E-state index is 11.4. The fraction of sp³-hybridized carbons (Fsp3) is 0.500. The Hall–Kier alpha value is -1.58. The van der Waals surface area contributed by atoms with Crippen LogP contribution >= 0.6 is 0 Å². The highest BCUT2D eigenvalue weighted by Gasteiger charge is 2.07. The molecule has 0 rings (SSSR count). The van der Waals surface area contributed by atoms with E-state index in [-0.39, 0.29) is 11.8 Å². The molecule has 0 aliphatic heterocycles. The average molecular weight is 224 g/mol. The molecule has 1 N–H and O–H groups in total. The summed E-state index contributed by atoms with van der Waals surface area (Å²) in [5, 5.41) is 2.67. The zero-order valence-electron chi connectivity index (χ0n) is 9.87. The molecule has 0 spiro atoms. The van der Waals surface area contributed by atoms with Gasteiger partial charge in [-0.1, -0.05) is 20.1 Å². The van der Waals surface area contributed by atoms with Crippen LogP contribution in [0, 0.1) is 0 Å². The van der Waals surface area contributed by atoms with Crippen LogP contribution in [0.25, 0.3) is 0 Å². The molecule has 0 saturated heterocycles. The Labute approximate surface area is 97.0 Å². The van der Waals surface area contributed by atoms with Gasteiger partial charge in [0.05, 0.1) is 0 Å². The third-order valence-electron chi connectivity index (χ3n) is 2.07. The maximum atomic E-state index is 11.4. The number of nitrogens with one attached hydrogen (secondary N) is 1. The molecule has 0 aromatic heterocycles. The van der Waals surface area contributed by atoms with E-state index in [1.165, 1.54) is 12.2 Å². The van der Waals surface area contributed by atoms with Crippen molar-refractivity contribution in [2.75, 3.05) is 19.6 Å². The lowest BCUT2D eigenvalue weighted by Gasteiger charge is -2.20. The molecule has 4 nitrogen and oxygen atoms in total. The van der Waals surface area contributed by atoms with E-state index in [0.29, 0.717) is 13.1 Å². The summed E-state index contributed by atoms with van der Waals surface area (Å²) < 4.78 is 0. The van der Waals surface area contributed by atoms with Crippen molar-refractivity contribution < 1.29 is 9.59 Å². The van der Waals surface area contributed by atoms with Crippen molar-refractivity contribution in [2.45, 2.75) is 19.8 Å². The van der Waals surface area contributed by atoms with Gasteiger partial charge in [-0.05, 0) is 25.0 Å². The zero-order chi connectivity index (χ0) is 12.4. The molecule has 4 heteroatoms. The first-order chi connectivity index (χ1) is 7.65. The first-order valence-electron chi connectivity index (χ1n) is 5.47.